The summed E-state index contributed by atoms with van der Waals surface area (Å²) < 4.78 is 24.9. The number of halogens is 3. The maximum Gasteiger partial charge on any atom is 0.352 e. The van der Waals surface area contributed by atoms with Crippen LogP contribution in [-0.2, 0) is 4.79 Å². The number of nitrogens with zero attached hydrogens (tertiary/aromatic N) is 1. The van der Waals surface area contributed by atoms with Gasteiger partial charge in [0.25, 0.3) is 0 Å². The quantitative estimate of drug-likeness (QED) is 0.182. The number of hydrogen-bond acceptors (Lipinski definition) is 4. The van der Waals surface area contributed by atoms with Crippen molar-refractivity contribution in [2.75, 3.05) is 0 Å². The summed E-state index contributed by atoms with van der Waals surface area (Å²) in [5.74, 6) is -0.579. The molecule has 7 heteroatoms. The summed E-state index contributed by atoms with van der Waals surface area (Å²) in [7, 11) is 0. The van der Waals surface area contributed by atoms with Gasteiger partial charge in [0.15, 0.2) is 6.10 Å². The van der Waals surface area contributed by atoms with Crippen molar-refractivity contribution in [3.63, 3.8) is 0 Å². The van der Waals surface area contributed by atoms with Crippen LogP contribution in [0, 0.1) is 17.1 Å². The number of carbonyl (C=O) groups excluding carboxylic acids is 1. The van der Waals surface area contributed by atoms with Crippen LogP contribution in [0.5, 0.6) is 11.5 Å². The van der Waals surface area contributed by atoms with Crippen molar-refractivity contribution >= 4 is 40.8 Å². The molecule has 0 aromatic heterocycles. The molecule has 3 aromatic carbocycles. The van der Waals surface area contributed by atoms with E-state index in [0.29, 0.717) is 16.3 Å². The van der Waals surface area contributed by atoms with Crippen LogP contribution in [0.4, 0.5) is 4.39 Å². The fraction of sp³-hybridized carbons (Fsp3) is 0.0833. The molecule has 3 rings (SSSR count). The third-order valence-electron chi connectivity index (χ3n) is 4.20. The molecule has 0 aliphatic heterocycles. The number of carbonyl (C=O) groups is 1. The highest BCUT2D eigenvalue weighted by Gasteiger charge is 2.19. The minimum atomic E-state index is -0.939. The Morgan fingerprint density at radius 1 is 1.10 bits per heavy atom. The number of nitriles is 1. The van der Waals surface area contributed by atoms with Gasteiger partial charge in [-0.3, -0.25) is 0 Å². The molecule has 0 saturated heterocycles. The van der Waals surface area contributed by atoms with Crippen molar-refractivity contribution in [3.05, 3.63) is 93.7 Å². The number of benzene rings is 3. The molecule has 0 amide bonds. The van der Waals surface area contributed by atoms with Crippen molar-refractivity contribution < 1.29 is 18.7 Å². The Morgan fingerprint density at radius 3 is 2.58 bits per heavy atom. The van der Waals surface area contributed by atoms with Gasteiger partial charge in [0, 0.05) is 10.6 Å². The molecular formula is C24H16Cl2FNO3. The molecule has 0 aliphatic carbocycles. The van der Waals surface area contributed by atoms with E-state index in [1.165, 1.54) is 31.2 Å². The highest BCUT2D eigenvalue weighted by atomic mass is 35.5. The van der Waals surface area contributed by atoms with E-state index in [2.05, 4.69) is 0 Å². The number of esters is 1. The standard InChI is InChI=1S/C24H16Cl2FNO3/c1-15(30-23-10-9-18(25)13-21(23)26)24(29)31-19-6-4-5-16(12-19)11-17(14-28)20-7-2-3-8-22(20)27/h2-13,15H,1H3/b17-11-. The zero-order chi connectivity index (χ0) is 22.4. The summed E-state index contributed by atoms with van der Waals surface area (Å²) >= 11 is 11.9. The molecule has 31 heavy (non-hydrogen) atoms. The molecule has 0 aliphatic rings. The zero-order valence-electron chi connectivity index (χ0n) is 16.3. The molecule has 0 bridgehead atoms. The van der Waals surface area contributed by atoms with Gasteiger partial charge in [0.2, 0.25) is 0 Å². The van der Waals surface area contributed by atoms with E-state index in [4.69, 9.17) is 32.7 Å². The van der Waals surface area contributed by atoms with Crippen LogP contribution < -0.4 is 9.47 Å². The largest absolute Gasteiger partial charge is 0.477 e. The number of ether oxygens (including phenoxy) is 2. The molecule has 0 fully saturated rings. The average molecular weight is 456 g/mol. The Bertz CT molecular complexity index is 1190. The van der Waals surface area contributed by atoms with Gasteiger partial charge in [-0.2, -0.15) is 5.26 Å². The highest BCUT2D eigenvalue weighted by molar-refractivity contribution is 6.35. The lowest BCUT2D eigenvalue weighted by atomic mass is 10.0. The molecule has 0 saturated carbocycles. The van der Waals surface area contributed by atoms with Gasteiger partial charge in [0.1, 0.15) is 17.3 Å². The van der Waals surface area contributed by atoms with Crippen LogP contribution in [0.2, 0.25) is 10.0 Å². The van der Waals surface area contributed by atoms with Crippen molar-refractivity contribution in [1.29, 1.82) is 5.26 Å². The predicted octanol–water partition coefficient (Wildman–Crippen LogP) is 6.57. The normalized spacial score (nSPS) is 12.0. The SMILES string of the molecule is CC(Oc1ccc(Cl)cc1Cl)C(=O)Oc1cccc(/C=C(/C#N)c2ccccc2F)c1. The minimum Gasteiger partial charge on any atom is -0.477 e. The fourth-order valence-corrected chi connectivity index (χ4v) is 3.15. The number of allylic oxidation sites excluding steroid dienone is 1. The summed E-state index contributed by atoms with van der Waals surface area (Å²) in [5, 5.41) is 10.1. The van der Waals surface area contributed by atoms with Crippen LogP contribution in [0.25, 0.3) is 11.6 Å². The smallest absolute Gasteiger partial charge is 0.352 e. The Kier molecular flexibility index (Phi) is 7.30. The van der Waals surface area contributed by atoms with Crippen LogP contribution in [-0.4, -0.2) is 12.1 Å². The Labute approximate surface area is 189 Å². The molecule has 0 heterocycles. The number of rotatable bonds is 6. The molecule has 4 nitrogen and oxygen atoms in total. The van der Waals surface area contributed by atoms with E-state index < -0.39 is 17.9 Å². The second-order valence-corrected chi connectivity index (χ2v) is 7.32. The molecule has 156 valence electrons. The maximum atomic E-state index is 14.0. The monoisotopic (exact) mass is 455 g/mol. The van der Waals surface area contributed by atoms with E-state index in [1.54, 1.807) is 48.5 Å². The van der Waals surface area contributed by atoms with Gasteiger partial charge in [-0.05, 0) is 55.0 Å². The second kappa shape index (κ2) is 10.1. The lowest BCUT2D eigenvalue weighted by molar-refractivity contribution is -0.141. The van der Waals surface area contributed by atoms with Crippen LogP contribution in [0.1, 0.15) is 18.1 Å². The van der Waals surface area contributed by atoms with Crippen LogP contribution in [0.15, 0.2) is 66.7 Å². The van der Waals surface area contributed by atoms with Gasteiger partial charge in [-0.15, -0.1) is 0 Å². The van der Waals surface area contributed by atoms with Crippen LogP contribution in [0.3, 0.4) is 0 Å². The minimum absolute atomic E-state index is 0.149. The number of hydrogen-bond donors (Lipinski definition) is 0. The maximum absolute atomic E-state index is 14.0. The molecular weight excluding hydrogens is 440 g/mol. The van der Waals surface area contributed by atoms with Crippen LogP contribution >= 0.6 is 23.2 Å². The lowest BCUT2D eigenvalue weighted by Gasteiger charge is -2.15. The van der Waals surface area contributed by atoms with E-state index in [0.717, 1.165) is 0 Å². The first kappa shape index (κ1) is 22.4. The predicted molar refractivity (Wildman–Crippen MR) is 119 cm³/mol. The second-order valence-electron chi connectivity index (χ2n) is 6.48. The Hall–Kier alpha value is -3.33. The summed E-state index contributed by atoms with van der Waals surface area (Å²) in [4.78, 5) is 12.4. The van der Waals surface area contributed by atoms with E-state index >= 15 is 0 Å². The Morgan fingerprint density at radius 2 is 1.87 bits per heavy atom. The van der Waals surface area contributed by atoms with Gasteiger partial charge in [-0.1, -0.05) is 53.5 Å². The van der Waals surface area contributed by atoms with Crippen molar-refractivity contribution in [1.82, 2.24) is 0 Å². The summed E-state index contributed by atoms with van der Waals surface area (Å²) in [6, 6.07) is 19.2. The van der Waals surface area contributed by atoms with Crippen molar-refractivity contribution in [2.24, 2.45) is 0 Å². The first-order valence-corrected chi connectivity index (χ1v) is 9.93. The molecule has 0 N–H and O–H groups in total. The lowest BCUT2D eigenvalue weighted by Crippen LogP contribution is -2.28. The van der Waals surface area contributed by atoms with E-state index in [1.807, 2.05) is 6.07 Å². The van der Waals surface area contributed by atoms with Crippen molar-refractivity contribution in [3.8, 4) is 17.6 Å². The zero-order valence-corrected chi connectivity index (χ0v) is 17.8. The first-order valence-electron chi connectivity index (χ1n) is 9.17. The van der Waals surface area contributed by atoms with Gasteiger partial charge < -0.3 is 9.47 Å². The molecule has 3 aromatic rings. The molecule has 1 unspecified atom stereocenters. The van der Waals surface area contributed by atoms with E-state index in [-0.39, 0.29) is 21.9 Å². The molecule has 0 spiro atoms. The molecule has 0 radical (unpaired) electrons. The summed E-state index contributed by atoms with van der Waals surface area (Å²) in [5.41, 5.74) is 0.907. The van der Waals surface area contributed by atoms with Crippen molar-refractivity contribution in [2.45, 2.75) is 13.0 Å². The Balaban J connectivity index is 1.74. The summed E-state index contributed by atoms with van der Waals surface area (Å²) in [6.07, 6.45) is 0.578. The van der Waals surface area contributed by atoms with E-state index in [9.17, 15) is 14.4 Å². The van der Waals surface area contributed by atoms with Gasteiger partial charge >= 0.3 is 5.97 Å². The van der Waals surface area contributed by atoms with Gasteiger partial charge in [-0.25, -0.2) is 9.18 Å². The van der Waals surface area contributed by atoms with Gasteiger partial charge in [0.05, 0.1) is 16.7 Å². The molecule has 1 atom stereocenters. The highest BCUT2D eigenvalue weighted by Crippen LogP contribution is 2.29. The third kappa shape index (κ3) is 5.85. The summed E-state index contributed by atoms with van der Waals surface area (Å²) in [6.45, 7) is 1.53. The first-order chi connectivity index (χ1) is 14.9. The fourth-order valence-electron chi connectivity index (χ4n) is 2.69. The topological polar surface area (TPSA) is 59.3 Å². The third-order valence-corrected chi connectivity index (χ3v) is 4.73. The average Bonchev–Trinajstić information content (AvgIpc) is 2.75.